The molecule has 0 atom stereocenters. The number of hydrogen-bond donors (Lipinski definition) is 3. The topological polar surface area (TPSA) is 112 Å². The van der Waals surface area contributed by atoms with Gasteiger partial charge in [-0.05, 0) is 41.1 Å². The van der Waals surface area contributed by atoms with Crippen molar-refractivity contribution >= 4 is 28.4 Å². The average molecular weight is 387 g/mol. The molecule has 0 saturated heterocycles. The fraction of sp³-hybridized carbons (Fsp3) is 0.0526. The molecule has 0 aromatic heterocycles. The van der Waals surface area contributed by atoms with Gasteiger partial charge in [0.2, 0.25) is 5.96 Å². The minimum Gasteiger partial charge on any atom is -0.455 e. The van der Waals surface area contributed by atoms with Gasteiger partial charge < -0.3 is 21.9 Å². The number of nitrogens with zero attached hydrogens (tertiary/aromatic N) is 2. The van der Waals surface area contributed by atoms with Crippen molar-refractivity contribution in [2.24, 2.45) is 27.2 Å². The molecule has 0 saturated carbocycles. The van der Waals surface area contributed by atoms with Gasteiger partial charge in [-0.3, -0.25) is 0 Å². The summed E-state index contributed by atoms with van der Waals surface area (Å²) in [6.45, 7) is 0. The SMILES string of the molecule is NC(N)=NC(N)=Nc1cc(C(F)(F)F)ccc1Oc1ccc2ccccc2c1. The highest BCUT2D eigenvalue weighted by Gasteiger charge is 2.31. The van der Waals surface area contributed by atoms with Crippen LogP contribution in [0.5, 0.6) is 11.5 Å². The van der Waals surface area contributed by atoms with Crippen LogP contribution in [0.3, 0.4) is 0 Å². The van der Waals surface area contributed by atoms with Gasteiger partial charge in [0, 0.05) is 0 Å². The van der Waals surface area contributed by atoms with Crippen molar-refractivity contribution in [2.45, 2.75) is 6.18 Å². The van der Waals surface area contributed by atoms with Crippen LogP contribution in [0.4, 0.5) is 18.9 Å². The van der Waals surface area contributed by atoms with Crippen LogP contribution in [0.15, 0.2) is 70.6 Å². The highest BCUT2D eigenvalue weighted by molar-refractivity contribution is 5.94. The van der Waals surface area contributed by atoms with Crippen molar-refractivity contribution in [2.75, 3.05) is 0 Å². The zero-order chi connectivity index (χ0) is 20.3. The van der Waals surface area contributed by atoms with Gasteiger partial charge in [0.1, 0.15) is 11.4 Å². The van der Waals surface area contributed by atoms with E-state index in [1.807, 2.05) is 30.3 Å². The second kappa shape index (κ2) is 7.47. The number of fused-ring (bicyclic) bond motifs is 1. The molecule has 0 unspecified atom stereocenters. The normalized spacial score (nSPS) is 12.0. The van der Waals surface area contributed by atoms with Crippen LogP contribution in [-0.2, 0) is 6.18 Å². The van der Waals surface area contributed by atoms with E-state index in [2.05, 4.69) is 9.98 Å². The molecule has 0 fully saturated rings. The maximum Gasteiger partial charge on any atom is 0.416 e. The third-order valence-corrected chi connectivity index (χ3v) is 3.71. The summed E-state index contributed by atoms with van der Waals surface area (Å²) in [5.41, 5.74) is 14.9. The highest BCUT2D eigenvalue weighted by Crippen LogP contribution is 2.38. The van der Waals surface area contributed by atoms with Gasteiger partial charge in [-0.15, -0.1) is 0 Å². The summed E-state index contributed by atoms with van der Waals surface area (Å²) >= 11 is 0. The van der Waals surface area contributed by atoms with Gasteiger partial charge in [0.15, 0.2) is 11.7 Å². The van der Waals surface area contributed by atoms with Crippen molar-refractivity contribution in [3.05, 3.63) is 66.2 Å². The first kappa shape index (κ1) is 19.0. The van der Waals surface area contributed by atoms with Crippen LogP contribution < -0.4 is 21.9 Å². The van der Waals surface area contributed by atoms with E-state index in [0.717, 1.165) is 22.9 Å². The molecule has 28 heavy (non-hydrogen) atoms. The van der Waals surface area contributed by atoms with Crippen LogP contribution in [0.2, 0.25) is 0 Å². The van der Waals surface area contributed by atoms with Crippen molar-refractivity contribution in [3.8, 4) is 11.5 Å². The number of rotatable bonds is 3. The molecule has 0 radical (unpaired) electrons. The standard InChI is InChI=1S/C19H16F3N5O/c20-19(21,22)13-6-8-16(15(10-13)26-18(25)27-17(23)24)28-14-7-5-11-3-1-2-4-12(11)9-14/h1-10H,(H6,23,24,25,26,27). The van der Waals surface area contributed by atoms with Crippen molar-refractivity contribution in [3.63, 3.8) is 0 Å². The molecule has 6 nitrogen and oxygen atoms in total. The van der Waals surface area contributed by atoms with Crippen molar-refractivity contribution in [1.82, 2.24) is 0 Å². The van der Waals surface area contributed by atoms with Gasteiger partial charge in [0.05, 0.1) is 5.56 Å². The lowest BCUT2D eigenvalue weighted by atomic mass is 10.1. The molecular weight excluding hydrogens is 371 g/mol. The van der Waals surface area contributed by atoms with Crippen LogP contribution in [0.25, 0.3) is 10.8 Å². The van der Waals surface area contributed by atoms with Gasteiger partial charge >= 0.3 is 6.18 Å². The number of ether oxygens (including phenoxy) is 1. The summed E-state index contributed by atoms with van der Waals surface area (Å²) in [6, 6.07) is 15.8. The molecule has 3 rings (SSSR count). The minimum absolute atomic E-state index is 0.0667. The molecule has 3 aromatic rings. The Kier molecular flexibility index (Phi) is 5.08. The van der Waals surface area contributed by atoms with Gasteiger partial charge in [-0.1, -0.05) is 30.3 Å². The summed E-state index contributed by atoms with van der Waals surface area (Å²) in [7, 11) is 0. The summed E-state index contributed by atoms with van der Waals surface area (Å²) in [5.74, 6) is -0.278. The van der Waals surface area contributed by atoms with Gasteiger partial charge in [-0.25, -0.2) is 4.99 Å². The van der Waals surface area contributed by atoms with Crippen LogP contribution >= 0.6 is 0 Å². The van der Waals surface area contributed by atoms with E-state index in [1.165, 1.54) is 6.07 Å². The molecule has 9 heteroatoms. The maximum absolute atomic E-state index is 13.1. The lowest BCUT2D eigenvalue weighted by Crippen LogP contribution is -2.26. The largest absolute Gasteiger partial charge is 0.455 e. The number of hydrogen-bond acceptors (Lipinski definition) is 2. The van der Waals surface area contributed by atoms with E-state index in [1.54, 1.807) is 12.1 Å². The number of benzene rings is 3. The molecule has 0 aliphatic rings. The molecule has 3 aromatic carbocycles. The van der Waals surface area contributed by atoms with E-state index in [4.69, 9.17) is 21.9 Å². The van der Waals surface area contributed by atoms with E-state index in [9.17, 15) is 13.2 Å². The summed E-state index contributed by atoms with van der Waals surface area (Å²) < 4.78 is 44.9. The Balaban J connectivity index is 2.04. The minimum atomic E-state index is -4.56. The number of alkyl halides is 3. The monoisotopic (exact) mass is 387 g/mol. The molecule has 0 bridgehead atoms. The van der Waals surface area contributed by atoms with Crippen LogP contribution in [-0.4, -0.2) is 11.9 Å². The predicted octanol–water partition coefficient (Wildman–Crippen LogP) is 3.87. The van der Waals surface area contributed by atoms with Crippen LogP contribution in [0, 0.1) is 0 Å². The van der Waals surface area contributed by atoms with E-state index in [0.29, 0.717) is 5.75 Å². The Hall–Kier alpha value is -3.75. The lowest BCUT2D eigenvalue weighted by molar-refractivity contribution is -0.137. The molecule has 0 aliphatic carbocycles. The van der Waals surface area contributed by atoms with E-state index >= 15 is 0 Å². The van der Waals surface area contributed by atoms with Crippen molar-refractivity contribution < 1.29 is 17.9 Å². The zero-order valence-corrected chi connectivity index (χ0v) is 14.4. The van der Waals surface area contributed by atoms with E-state index < -0.39 is 17.7 Å². The molecule has 0 spiro atoms. The first-order valence-electron chi connectivity index (χ1n) is 8.04. The van der Waals surface area contributed by atoms with E-state index in [-0.39, 0.29) is 17.4 Å². The fourth-order valence-electron chi connectivity index (χ4n) is 2.51. The molecule has 0 aliphatic heterocycles. The van der Waals surface area contributed by atoms with Gasteiger partial charge in [0.25, 0.3) is 0 Å². The fourth-order valence-corrected chi connectivity index (χ4v) is 2.51. The highest BCUT2D eigenvalue weighted by atomic mass is 19.4. The van der Waals surface area contributed by atoms with Crippen molar-refractivity contribution in [1.29, 1.82) is 0 Å². The Morgan fingerprint density at radius 2 is 1.57 bits per heavy atom. The Morgan fingerprint density at radius 1 is 0.857 bits per heavy atom. The Labute approximate surface area is 158 Å². The number of aliphatic imine (C=N–C) groups is 2. The molecule has 0 amide bonds. The zero-order valence-electron chi connectivity index (χ0n) is 14.4. The smallest absolute Gasteiger partial charge is 0.416 e. The average Bonchev–Trinajstić information content (AvgIpc) is 2.61. The molecule has 144 valence electrons. The predicted molar refractivity (Wildman–Crippen MR) is 103 cm³/mol. The second-order valence-electron chi connectivity index (χ2n) is 5.80. The maximum atomic E-state index is 13.1. The molecule has 6 N–H and O–H groups in total. The number of nitrogens with two attached hydrogens (primary N) is 3. The second-order valence-corrected chi connectivity index (χ2v) is 5.80. The lowest BCUT2D eigenvalue weighted by Gasteiger charge is -2.13. The molecule has 0 heterocycles. The Morgan fingerprint density at radius 3 is 2.25 bits per heavy atom. The summed E-state index contributed by atoms with van der Waals surface area (Å²) in [4.78, 5) is 7.37. The third-order valence-electron chi connectivity index (χ3n) is 3.71. The first-order valence-corrected chi connectivity index (χ1v) is 8.04. The summed E-state index contributed by atoms with van der Waals surface area (Å²) in [5, 5.41) is 1.91. The van der Waals surface area contributed by atoms with Crippen LogP contribution in [0.1, 0.15) is 5.56 Å². The third kappa shape index (κ3) is 4.50. The summed E-state index contributed by atoms with van der Waals surface area (Å²) in [6.07, 6.45) is -4.56. The number of guanidine groups is 2. The number of halogens is 3. The quantitative estimate of drug-likeness (QED) is 0.468. The first-order chi connectivity index (χ1) is 13.2. The Bertz CT molecular complexity index is 1070. The molecular formula is C19H16F3N5O. The van der Waals surface area contributed by atoms with Gasteiger partial charge in [-0.2, -0.15) is 18.2 Å².